The molecule has 0 saturated heterocycles. The number of halogens is 1. The minimum Gasteiger partial charge on any atom is -0.449 e. The molecule has 1 N–H and O–H groups in total. The number of rotatable bonds is 6. The van der Waals surface area contributed by atoms with Gasteiger partial charge in [0.1, 0.15) is 5.76 Å². The molecule has 3 aromatic rings. The van der Waals surface area contributed by atoms with Gasteiger partial charge in [0, 0.05) is 11.1 Å². The van der Waals surface area contributed by atoms with Crippen LogP contribution in [0.3, 0.4) is 0 Å². The zero-order valence-electron chi connectivity index (χ0n) is 15.8. The highest BCUT2D eigenvalue weighted by Crippen LogP contribution is 2.24. The molecule has 0 aliphatic heterocycles. The highest BCUT2D eigenvalue weighted by atomic mass is 35.5. The first kappa shape index (κ1) is 20.4. The molecule has 7 heteroatoms. The molecule has 0 spiro atoms. The molecule has 148 valence electrons. The molecular formula is C22H18ClNO5. The van der Waals surface area contributed by atoms with Gasteiger partial charge < -0.3 is 14.5 Å². The molecule has 1 unspecified atom stereocenters. The molecule has 0 saturated carbocycles. The van der Waals surface area contributed by atoms with Crippen LogP contribution in [-0.4, -0.2) is 23.8 Å². The van der Waals surface area contributed by atoms with Crippen molar-refractivity contribution in [2.45, 2.75) is 20.0 Å². The molecule has 3 rings (SSSR count). The van der Waals surface area contributed by atoms with Crippen molar-refractivity contribution in [1.82, 2.24) is 0 Å². The van der Waals surface area contributed by atoms with E-state index in [-0.39, 0.29) is 11.5 Å². The molecule has 2 aromatic carbocycles. The van der Waals surface area contributed by atoms with Gasteiger partial charge in [-0.15, -0.1) is 0 Å². The molecular weight excluding hydrogens is 394 g/mol. The fraction of sp³-hybridized carbons (Fsp3) is 0.136. The number of esters is 1. The summed E-state index contributed by atoms with van der Waals surface area (Å²) < 4.78 is 10.7. The van der Waals surface area contributed by atoms with Gasteiger partial charge in [-0.3, -0.25) is 9.59 Å². The summed E-state index contributed by atoms with van der Waals surface area (Å²) in [5.74, 6) is -0.908. The number of benzene rings is 2. The summed E-state index contributed by atoms with van der Waals surface area (Å²) in [6, 6.07) is 16.7. The first-order valence-electron chi connectivity index (χ1n) is 8.82. The monoisotopic (exact) mass is 411 g/mol. The summed E-state index contributed by atoms with van der Waals surface area (Å²) in [6.45, 7) is 2.94. The summed E-state index contributed by atoms with van der Waals surface area (Å²) >= 11 is 6.01. The maximum atomic E-state index is 12.3. The van der Waals surface area contributed by atoms with E-state index in [0.717, 1.165) is 0 Å². The highest BCUT2D eigenvalue weighted by Gasteiger charge is 2.22. The Kier molecular flexibility index (Phi) is 6.14. The van der Waals surface area contributed by atoms with Crippen LogP contribution in [0.1, 0.15) is 34.8 Å². The van der Waals surface area contributed by atoms with Gasteiger partial charge in [-0.2, -0.15) is 0 Å². The van der Waals surface area contributed by atoms with E-state index in [1.807, 2.05) is 0 Å². The van der Waals surface area contributed by atoms with Crippen LogP contribution in [-0.2, 0) is 9.53 Å². The lowest BCUT2D eigenvalue weighted by Crippen LogP contribution is -2.30. The Morgan fingerprint density at radius 3 is 2.34 bits per heavy atom. The number of ether oxygens (including phenoxy) is 1. The number of carbonyl (C=O) groups is 3. The molecule has 0 aliphatic carbocycles. The van der Waals surface area contributed by atoms with E-state index < -0.39 is 18.0 Å². The Hall–Kier alpha value is -3.38. The summed E-state index contributed by atoms with van der Waals surface area (Å²) in [6.07, 6.45) is -1.05. The van der Waals surface area contributed by atoms with E-state index in [4.69, 9.17) is 20.8 Å². The van der Waals surface area contributed by atoms with Gasteiger partial charge >= 0.3 is 5.97 Å². The number of hydrogen-bond acceptors (Lipinski definition) is 5. The third-order valence-electron chi connectivity index (χ3n) is 4.17. The van der Waals surface area contributed by atoms with Crippen LogP contribution in [0.4, 0.5) is 5.69 Å². The summed E-state index contributed by atoms with van der Waals surface area (Å²) in [5.41, 5.74) is 1.72. The Labute approximate surface area is 172 Å². The Morgan fingerprint density at radius 1 is 1.00 bits per heavy atom. The van der Waals surface area contributed by atoms with Crippen LogP contribution in [0.15, 0.2) is 65.1 Å². The predicted molar refractivity (Wildman–Crippen MR) is 109 cm³/mol. The first-order valence-corrected chi connectivity index (χ1v) is 9.20. The Bertz CT molecular complexity index is 1060. The van der Waals surface area contributed by atoms with Gasteiger partial charge in [-0.1, -0.05) is 48.0 Å². The lowest BCUT2D eigenvalue weighted by molar-refractivity contribution is -0.123. The third kappa shape index (κ3) is 4.92. The van der Waals surface area contributed by atoms with E-state index in [2.05, 4.69) is 5.32 Å². The van der Waals surface area contributed by atoms with E-state index in [9.17, 15) is 14.4 Å². The summed E-state index contributed by atoms with van der Waals surface area (Å²) in [5, 5.41) is 2.99. The third-order valence-corrected chi connectivity index (χ3v) is 4.50. The van der Waals surface area contributed by atoms with E-state index in [1.54, 1.807) is 54.6 Å². The van der Waals surface area contributed by atoms with Crippen LogP contribution in [0.5, 0.6) is 0 Å². The number of carbonyl (C=O) groups excluding carboxylic acids is 3. The van der Waals surface area contributed by atoms with Crippen molar-refractivity contribution in [2.24, 2.45) is 0 Å². The van der Waals surface area contributed by atoms with Gasteiger partial charge in [0.15, 0.2) is 11.9 Å². The summed E-state index contributed by atoms with van der Waals surface area (Å²) in [7, 11) is 0. The van der Waals surface area contributed by atoms with Crippen LogP contribution < -0.4 is 5.32 Å². The topological polar surface area (TPSA) is 85.6 Å². The smallest absolute Gasteiger partial charge is 0.375 e. The molecule has 1 heterocycles. The van der Waals surface area contributed by atoms with E-state index in [0.29, 0.717) is 27.6 Å². The lowest BCUT2D eigenvalue weighted by Gasteiger charge is -2.13. The molecule has 1 aromatic heterocycles. The number of anilines is 1. The molecule has 1 amide bonds. The second kappa shape index (κ2) is 8.75. The lowest BCUT2D eigenvalue weighted by atomic mass is 10.1. The normalized spacial score (nSPS) is 11.6. The molecule has 0 aliphatic rings. The average Bonchev–Trinajstić information content (AvgIpc) is 3.20. The zero-order chi connectivity index (χ0) is 21.0. The van der Waals surface area contributed by atoms with Gasteiger partial charge in [0.25, 0.3) is 5.91 Å². The number of Topliss-reactive ketones (excluding diaryl/α,β-unsaturated/α-hetero) is 1. The van der Waals surface area contributed by atoms with Crippen molar-refractivity contribution in [1.29, 1.82) is 0 Å². The fourth-order valence-corrected chi connectivity index (χ4v) is 2.72. The molecule has 0 radical (unpaired) electrons. The number of para-hydroxylation sites is 1. The standard InChI is InChI=1S/C22H18ClNO5/c1-13(25)15-7-9-16(10-8-15)19-11-12-20(29-19)22(27)28-14(2)21(26)24-18-6-4-3-5-17(18)23/h3-12,14H,1-2H3,(H,24,26). The van der Waals surface area contributed by atoms with Crippen molar-refractivity contribution >= 4 is 34.9 Å². The highest BCUT2D eigenvalue weighted by molar-refractivity contribution is 6.33. The predicted octanol–water partition coefficient (Wildman–Crippen LogP) is 4.99. The quantitative estimate of drug-likeness (QED) is 0.456. The maximum absolute atomic E-state index is 12.3. The van der Waals surface area contributed by atoms with Crippen molar-refractivity contribution in [3.8, 4) is 11.3 Å². The Morgan fingerprint density at radius 2 is 1.69 bits per heavy atom. The Balaban J connectivity index is 1.64. The zero-order valence-corrected chi connectivity index (χ0v) is 16.5. The average molecular weight is 412 g/mol. The van der Waals surface area contributed by atoms with E-state index >= 15 is 0 Å². The van der Waals surface area contributed by atoms with Crippen LogP contribution in [0.25, 0.3) is 11.3 Å². The van der Waals surface area contributed by atoms with Crippen molar-refractivity contribution < 1.29 is 23.5 Å². The number of hydrogen-bond donors (Lipinski definition) is 1. The summed E-state index contributed by atoms with van der Waals surface area (Å²) in [4.78, 5) is 35.9. The number of furan rings is 1. The molecule has 0 bridgehead atoms. The number of nitrogens with one attached hydrogen (secondary N) is 1. The van der Waals surface area contributed by atoms with Crippen LogP contribution in [0.2, 0.25) is 5.02 Å². The van der Waals surface area contributed by atoms with Crippen molar-refractivity contribution in [3.63, 3.8) is 0 Å². The number of amides is 1. The van der Waals surface area contributed by atoms with Crippen LogP contribution >= 0.6 is 11.6 Å². The molecule has 29 heavy (non-hydrogen) atoms. The largest absolute Gasteiger partial charge is 0.449 e. The van der Waals surface area contributed by atoms with Crippen molar-refractivity contribution in [2.75, 3.05) is 5.32 Å². The molecule has 1 atom stereocenters. The minimum atomic E-state index is -1.05. The SMILES string of the molecule is CC(=O)c1ccc(-c2ccc(C(=O)OC(C)C(=O)Nc3ccccc3Cl)o2)cc1. The molecule has 0 fully saturated rings. The van der Waals surface area contributed by atoms with Gasteiger partial charge in [-0.25, -0.2) is 4.79 Å². The molecule has 6 nitrogen and oxygen atoms in total. The van der Waals surface area contributed by atoms with Gasteiger partial charge in [-0.05, 0) is 38.1 Å². The van der Waals surface area contributed by atoms with E-state index in [1.165, 1.54) is 19.9 Å². The van der Waals surface area contributed by atoms with Gasteiger partial charge in [0.05, 0.1) is 10.7 Å². The van der Waals surface area contributed by atoms with Crippen LogP contribution in [0, 0.1) is 0 Å². The number of ketones is 1. The second-order valence-electron chi connectivity index (χ2n) is 6.31. The van der Waals surface area contributed by atoms with Crippen molar-refractivity contribution in [3.05, 3.63) is 77.0 Å². The minimum absolute atomic E-state index is 0.0342. The maximum Gasteiger partial charge on any atom is 0.375 e. The second-order valence-corrected chi connectivity index (χ2v) is 6.72. The van der Waals surface area contributed by atoms with Gasteiger partial charge in [0.2, 0.25) is 5.76 Å². The first-order chi connectivity index (χ1) is 13.8. The fourth-order valence-electron chi connectivity index (χ4n) is 2.54.